The number of fused-ring (bicyclic) bond motifs is 1. The van der Waals surface area contributed by atoms with E-state index in [2.05, 4.69) is 31.4 Å². The van der Waals surface area contributed by atoms with E-state index in [1.165, 1.54) is 54.5 Å². The van der Waals surface area contributed by atoms with Crippen molar-refractivity contribution in [3.05, 3.63) is 112 Å². The van der Waals surface area contributed by atoms with E-state index >= 15 is 0 Å². The number of rotatable bonds is 8. The Bertz CT molecular complexity index is 1660. The topological polar surface area (TPSA) is 84.5 Å². The van der Waals surface area contributed by atoms with Gasteiger partial charge in [0.25, 0.3) is 5.91 Å². The van der Waals surface area contributed by atoms with Gasteiger partial charge in [-0.15, -0.1) is 23.1 Å². The van der Waals surface area contributed by atoms with Crippen molar-refractivity contribution in [3.63, 3.8) is 0 Å². The van der Waals surface area contributed by atoms with E-state index in [4.69, 9.17) is 4.74 Å². The molecular formula is C35H35FN2O4S2. The van der Waals surface area contributed by atoms with Crippen LogP contribution in [-0.4, -0.2) is 24.9 Å². The summed E-state index contributed by atoms with van der Waals surface area (Å²) < 4.78 is 18.5. The molecule has 0 aliphatic heterocycles. The van der Waals surface area contributed by atoms with Gasteiger partial charge in [0.2, 0.25) is 5.91 Å². The van der Waals surface area contributed by atoms with Gasteiger partial charge in [-0.3, -0.25) is 9.59 Å². The molecule has 228 valence electrons. The van der Waals surface area contributed by atoms with Crippen LogP contribution in [0.25, 0.3) is 0 Å². The molecule has 2 atom stereocenters. The number of esters is 1. The molecule has 1 heterocycles. The maximum absolute atomic E-state index is 14.0. The van der Waals surface area contributed by atoms with E-state index in [9.17, 15) is 18.8 Å². The van der Waals surface area contributed by atoms with Crippen molar-refractivity contribution in [2.45, 2.75) is 50.2 Å². The summed E-state index contributed by atoms with van der Waals surface area (Å²) >= 11 is 2.81. The van der Waals surface area contributed by atoms with Gasteiger partial charge in [0, 0.05) is 21.0 Å². The largest absolute Gasteiger partial charge is 0.465 e. The minimum atomic E-state index is -0.647. The van der Waals surface area contributed by atoms with E-state index in [1.54, 1.807) is 18.2 Å². The number of nitrogens with one attached hydrogen (secondary N) is 2. The molecule has 2 unspecified atom stereocenters. The van der Waals surface area contributed by atoms with Crippen LogP contribution in [0.2, 0.25) is 0 Å². The molecule has 4 aromatic rings. The van der Waals surface area contributed by atoms with Gasteiger partial charge in [0.15, 0.2) is 0 Å². The summed E-state index contributed by atoms with van der Waals surface area (Å²) in [6.45, 7) is 6.72. The third-order valence-corrected chi connectivity index (χ3v) is 10.3. The molecule has 0 saturated carbocycles. The predicted octanol–water partition coefficient (Wildman–Crippen LogP) is 8.55. The van der Waals surface area contributed by atoms with Gasteiger partial charge in [-0.25, -0.2) is 9.18 Å². The number of anilines is 2. The number of hydrogen-bond donors (Lipinski definition) is 2. The molecule has 0 fully saturated rings. The highest BCUT2D eigenvalue weighted by molar-refractivity contribution is 8.00. The minimum Gasteiger partial charge on any atom is -0.465 e. The first-order valence-electron chi connectivity index (χ1n) is 14.5. The van der Waals surface area contributed by atoms with Crippen molar-refractivity contribution < 1.29 is 23.5 Å². The second-order valence-electron chi connectivity index (χ2n) is 11.9. The molecule has 0 spiro atoms. The molecular weight excluding hydrogens is 596 g/mol. The van der Waals surface area contributed by atoms with Gasteiger partial charge in [-0.05, 0) is 84.2 Å². The molecule has 3 aromatic carbocycles. The number of amides is 2. The molecule has 1 aliphatic rings. The lowest BCUT2D eigenvalue weighted by Crippen LogP contribution is -2.26. The number of hydrogen-bond acceptors (Lipinski definition) is 6. The summed E-state index contributed by atoms with van der Waals surface area (Å²) in [6, 6.07) is 22.0. The van der Waals surface area contributed by atoms with Crippen LogP contribution in [-0.2, 0) is 22.4 Å². The van der Waals surface area contributed by atoms with Crippen LogP contribution in [0.4, 0.5) is 15.1 Å². The number of methoxy groups -OCH3 is 1. The number of carbonyl (C=O) groups is 3. The van der Waals surface area contributed by atoms with Crippen molar-refractivity contribution in [3.8, 4) is 0 Å². The van der Waals surface area contributed by atoms with Gasteiger partial charge in [-0.1, -0.05) is 57.2 Å². The van der Waals surface area contributed by atoms with Crippen LogP contribution in [0.1, 0.15) is 69.2 Å². The first-order chi connectivity index (χ1) is 21.0. The van der Waals surface area contributed by atoms with Crippen molar-refractivity contribution in [1.29, 1.82) is 0 Å². The van der Waals surface area contributed by atoms with Crippen LogP contribution in [0.5, 0.6) is 0 Å². The summed E-state index contributed by atoms with van der Waals surface area (Å²) in [5.74, 6) is -1.01. The van der Waals surface area contributed by atoms with E-state index in [0.717, 1.165) is 40.2 Å². The number of ether oxygens (including phenoxy) is 1. The van der Waals surface area contributed by atoms with Crippen molar-refractivity contribution in [1.82, 2.24) is 0 Å². The summed E-state index contributed by atoms with van der Waals surface area (Å²) in [5.41, 5.74) is 3.24. The van der Waals surface area contributed by atoms with E-state index in [1.807, 2.05) is 36.4 Å². The Morgan fingerprint density at radius 2 is 1.70 bits per heavy atom. The normalized spacial score (nSPS) is 15.2. The number of carbonyl (C=O) groups excluding carboxylic acids is 3. The Labute approximate surface area is 265 Å². The lowest BCUT2D eigenvalue weighted by atomic mass is 9.72. The smallest absolute Gasteiger partial charge is 0.341 e. The summed E-state index contributed by atoms with van der Waals surface area (Å²) in [5, 5.41) is 5.80. The fraction of sp³-hybridized carbons (Fsp3) is 0.286. The first-order valence-corrected chi connectivity index (χ1v) is 16.2. The monoisotopic (exact) mass is 630 g/mol. The predicted molar refractivity (Wildman–Crippen MR) is 175 cm³/mol. The third kappa shape index (κ3) is 7.22. The van der Waals surface area contributed by atoms with Crippen molar-refractivity contribution >= 4 is 51.6 Å². The first kappa shape index (κ1) is 31.5. The second-order valence-corrected chi connectivity index (χ2v) is 14.2. The van der Waals surface area contributed by atoms with Crippen LogP contribution in [0.3, 0.4) is 0 Å². The summed E-state index contributed by atoms with van der Waals surface area (Å²) in [6.07, 6.45) is 2.60. The summed E-state index contributed by atoms with van der Waals surface area (Å²) in [7, 11) is 1.36. The number of benzene rings is 3. The molecule has 2 amide bonds. The SMILES string of the molecule is COC(=O)c1c(NC(=O)C(Sc2cccc(NC(=O)c3ccc(F)cc3)c2)c2ccccc2)sc2c1CCC(C(C)(C)C)C2. The molecule has 44 heavy (non-hydrogen) atoms. The van der Waals surface area contributed by atoms with E-state index < -0.39 is 17.0 Å². The molecule has 9 heteroatoms. The van der Waals surface area contributed by atoms with Crippen LogP contribution >= 0.6 is 23.1 Å². The fourth-order valence-corrected chi connectivity index (χ4v) is 7.80. The van der Waals surface area contributed by atoms with Crippen molar-refractivity contribution in [2.75, 3.05) is 17.7 Å². The quantitative estimate of drug-likeness (QED) is 0.151. The van der Waals surface area contributed by atoms with Crippen LogP contribution < -0.4 is 10.6 Å². The van der Waals surface area contributed by atoms with Crippen LogP contribution in [0, 0.1) is 17.2 Å². The van der Waals surface area contributed by atoms with Gasteiger partial charge >= 0.3 is 5.97 Å². The molecule has 0 saturated heterocycles. The molecule has 2 N–H and O–H groups in total. The van der Waals surface area contributed by atoms with E-state index in [-0.39, 0.29) is 17.2 Å². The maximum Gasteiger partial charge on any atom is 0.341 e. The molecule has 5 rings (SSSR count). The number of halogens is 1. The Hall–Kier alpha value is -3.95. The molecule has 0 bridgehead atoms. The van der Waals surface area contributed by atoms with E-state index in [0.29, 0.717) is 27.7 Å². The highest BCUT2D eigenvalue weighted by Gasteiger charge is 2.35. The molecule has 6 nitrogen and oxygen atoms in total. The molecule has 1 aliphatic carbocycles. The molecule has 0 radical (unpaired) electrons. The maximum atomic E-state index is 14.0. The average Bonchev–Trinajstić information content (AvgIpc) is 3.37. The number of thiophene rings is 1. The number of thioether (sulfide) groups is 1. The Balaban J connectivity index is 1.40. The highest BCUT2D eigenvalue weighted by atomic mass is 32.2. The average molecular weight is 631 g/mol. The zero-order chi connectivity index (χ0) is 31.4. The Kier molecular flexibility index (Phi) is 9.56. The Morgan fingerprint density at radius 3 is 2.39 bits per heavy atom. The lowest BCUT2D eigenvalue weighted by Gasteiger charge is -2.33. The fourth-order valence-electron chi connectivity index (χ4n) is 5.40. The Morgan fingerprint density at radius 1 is 0.977 bits per heavy atom. The minimum absolute atomic E-state index is 0.137. The molecule has 1 aromatic heterocycles. The summed E-state index contributed by atoms with van der Waals surface area (Å²) in [4.78, 5) is 41.6. The van der Waals surface area contributed by atoms with Gasteiger partial charge in [0.05, 0.1) is 12.7 Å². The van der Waals surface area contributed by atoms with Gasteiger partial charge < -0.3 is 15.4 Å². The zero-order valence-corrected chi connectivity index (χ0v) is 26.7. The van der Waals surface area contributed by atoms with Gasteiger partial charge in [0.1, 0.15) is 16.1 Å². The standard InChI is InChI=1S/C35H35FN2O4S2/c1-35(2,3)23-15-18-27-28(19-23)44-33(29(27)34(41)42-4)38-32(40)30(21-9-6-5-7-10-21)43-26-12-8-11-25(20-26)37-31(39)22-13-16-24(36)17-14-22/h5-14,16-17,20,23,30H,15,18-19H2,1-4H3,(H,37,39)(H,38,40). The highest BCUT2D eigenvalue weighted by Crippen LogP contribution is 2.45. The van der Waals surface area contributed by atoms with Gasteiger partial charge in [-0.2, -0.15) is 0 Å². The second kappa shape index (κ2) is 13.4. The van der Waals surface area contributed by atoms with Crippen molar-refractivity contribution in [2.24, 2.45) is 11.3 Å². The van der Waals surface area contributed by atoms with Crippen LogP contribution in [0.15, 0.2) is 83.8 Å². The zero-order valence-electron chi connectivity index (χ0n) is 25.1. The lowest BCUT2D eigenvalue weighted by molar-refractivity contribution is -0.115. The third-order valence-electron chi connectivity index (χ3n) is 7.91.